The van der Waals surface area contributed by atoms with Gasteiger partial charge in [-0.2, -0.15) is 0 Å². The second-order valence-corrected chi connectivity index (χ2v) is 9.63. The van der Waals surface area contributed by atoms with Gasteiger partial charge in [0.1, 0.15) is 4.90 Å². The third-order valence-electron chi connectivity index (χ3n) is 5.28. The molecule has 9 heteroatoms. The Morgan fingerprint density at radius 1 is 1.09 bits per heavy atom. The number of esters is 1. The molecule has 1 aliphatic heterocycles. The van der Waals surface area contributed by atoms with Crippen LogP contribution in [-0.4, -0.2) is 32.9 Å². The number of hydrogen-bond donors (Lipinski definition) is 1. The number of hydrogen-bond acceptors (Lipinski definition) is 5. The molecule has 0 saturated heterocycles. The molecule has 1 amide bonds. The fourth-order valence-corrected chi connectivity index (χ4v) is 5.66. The fourth-order valence-electron chi connectivity index (χ4n) is 3.68. The van der Waals surface area contributed by atoms with E-state index in [2.05, 4.69) is 5.32 Å². The van der Waals surface area contributed by atoms with E-state index in [9.17, 15) is 18.0 Å². The summed E-state index contributed by atoms with van der Waals surface area (Å²) in [6, 6.07) is 19.8. The number of amides is 1. The molecule has 0 bridgehead atoms. The first-order chi connectivity index (χ1) is 15.8. The van der Waals surface area contributed by atoms with Crippen LogP contribution in [0.3, 0.4) is 0 Å². The van der Waals surface area contributed by atoms with E-state index < -0.39 is 28.0 Å². The van der Waals surface area contributed by atoms with Gasteiger partial charge in [0.15, 0.2) is 6.10 Å². The molecule has 4 rings (SSSR count). The smallest absolute Gasteiger partial charge is 0.339 e. The quantitative estimate of drug-likeness (QED) is 0.527. The molecule has 1 heterocycles. The van der Waals surface area contributed by atoms with Crippen molar-refractivity contribution in [1.29, 1.82) is 0 Å². The van der Waals surface area contributed by atoms with Crippen molar-refractivity contribution >= 4 is 44.9 Å². The number of ether oxygens (including phenoxy) is 1. The first-order valence-electron chi connectivity index (χ1n) is 10.3. The van der Waals surface area contributed by atoms with E-state index in [0.717, 1.165) is 5.56 Å². The summed E-state index contributed by atoms with van der Waals surface area (Å²) in [4.78, 5) is 24.9. The third-order valence-corrected chi connectivity index (χ3v) is 7.67. The molecule has 170 valence electrons. The van der Waals surface area contributed by atoms with E-state index in [1.807, 2.05) is 0 Å². The van der Waals surface area contributed by atoms with Gasteiger partial charge >= 0.3 is 5.97 Å². The summed E-state index contributed by atoms with van der Waals surface area (Å²) in [5.74, 6) is -1.13. The second kappa shape index (κ2) is 9.25. The number of anilines is 2. The molecule has 0 aliphatic carbocycles. The van der Waals surface area contributed by atoms with E-state index in [0.29, 0.717) is 11.3 Å². The Morgan fingerprint density at radius 2 is 1.79 bits per heavy atom. The van der Waals surface area contributed by atoms with Gasteiger partial charge in [-0.1, -0.05) is 48.0 Å². The first kappa shape index (κ1) is 22.8. The number of para-hydroxylation sites is 1. The Morgan fingerprint density at radius 3 is 2.52 bits per heavy atom. The minimum absolute atomic E-state index is 0.0281. The monoisotopic (exact) mass is 484 g/mol. The summed E-state index contributed by atoms with van der Waals surface area (Å²) in [6.45, 7) is 1.91. The second-order valence-electron chi connectivity index (χ2n) is 7.40. The van der Waals surface area contributed by atoms with Gasteiger partial charge in [0.25, 0.3) is 15.9 Å². The number of carbonyl (C=O) groups is 2. The van der Waals surface area contributed by atoms with Gasteiger partial charge in [0, 0.05) is 18.7 Å². The number of rotatable bonds is 6. The van der Waals surface area contributed by atoms with Crippen LogP contribution in [0.15, 0.2) is 77.7 Å². The minimum atomic E-state index is -4.00. The minimum Gasteiger partial charge on any atom is -0.448 e. The fraction of sp³-hybridized carbons (Fsp3) is 0.167. The number of sulfonamides is 1. The molecule has 0 fully saturated rings. The summed E-state index contributed by atoms with van der Waals surface area (Å²) >= 11 is 6.24. The van der Waals surface area contributed by atoms with Crippen molar-refractivity contribution < 1.29 is 22.7 Å². The number of nitrogens with zero attached hydrogens (tertiary/aromatic N) is 1. The number of benzene rings is 3. The molecule has 0 aromatic heterocycles. The van der Waals surface area contributed by atoms with Crippen LogP contribution in [0.1, 0.15) is 22.8 Å². The van der Waals surface area contributed by atoms with Gasteiger partial charge < -0.3 is 10.1 Å². The molecule has 7 nitrogen and oxygen atoms in total. The lowest BCUT2D eigenvalue weighted by Gasteiger charge is -2.25. The summed E-state index contributed by atoms with van der Waals surface area (Å²) in [5.41, 5.74) is 1.87. The highest BCUT2D eigenvalue weighted by Gasteiger charge is 2.32. The normalized spacial score (nSPS) is 15.3. The molecule has 3 aromatic carbocycles. The predicted molar refractivity (Wildman–Crippen MR) is 126 cm³/mol. The Bertz CT molecular complexity index is 1310. The van der Waals surface area contributed by atoms with Crippen molar-refractivity contribution in [3.63, 3.8) is 0 Å². The molecular weight excluding hydrogens is 464 g/mol. The zero-order chi connectivity index (χ0) is 23.6. The number of nitrogens with one attached hydrogen (secondary N) is 1. The molecule has 3 aromatic rings. The number of halogens is 1. The number of fused-ring (bicyclic) bond motifs is 1. The van der Waals surface area contributed by atoms with Crippen LogP contribution in [0.2, 0.25) is 5.02 Å². The molecule has 1 aliphatic rings. The van der Waals surface area contributed by atoms with Crippen LogP contribution < -0.4 is 9.62 Å². The standard InChI is InChI=1S/C24H21ClN2O5S/c1-2-27(18-9-4-3-5-10-18)33(30,31)22-15-17(12-13-20(22)25)26-23(28)21-14-16-8-6-7-11-19(16)24(29)32-21/h3-13,15,21H,2,14H2,1H3,(H,26,28). The highest BCUT2D eigenvalue weighted by Crippen LogP contribution is 2.31. The van der Waals surface area contributed by atoms with E-state index in [1.165, 1.54) is 22.5 Å². The lowest BCUT2D eigenvalue weighted by atomic mass is 9.98. The Balaban J connectivity index is 1.59. The molecule has 1 atom stereocenters. The van der Waals surface area contributed by atoms with Crippen molar-refractivity contribution in [2.75, 3.05) is 16.2 Å². The van der Waals surface area contributed by atoms with E-state index in [-0.39, 0.29) is 28.6 Å². The molecule has 1 N–H and O–H groups in total. The highest BCUT2D eigenvalue weighted by molar-refractivity contribution is 7.93. The van der Waals surface area contributed by atoms with Crippen LogP contribution in [0, 0.1) is 0 Å². The van der Waals surface area contributed by atoms with Crippen molar-refractivity contribution in [3.05, 3.63) is 88.9 Å². The SMILES string of the molecule is CCN(c1ccccc1)S(=O)(=O)c1cc(NC(=O)C2Cc3ccccc3C(=O)O2)ccc1Cl. The highest BCUT2D eigenvalue weighted by atomic mass is 35.5. The molecular formula is C24H21ClN2O5S. The predicted octanol–water partition coefficient (Wildman–Crippen LogP) is 4.28. The first-order valence-corrected chi connectivity index (χ1v) is 12.1. The van der Waals surface area contributed by atoms with Crippen molar-refractivity contribution in [2.45, 2.75) is 24.3 Å². The van der Waals surface area contributed by atoms with Crippen molar-refractivity contribution in [2.24, 2.45) is 0 Å². The molecule has 0 radical (unpaired) electrons. The van der Waals surface area contributed by atoms with Crippen LogP contribution in [-0.2, 0) is 26.0 Å². The third kappa shape index (κ3) is 4.58. The topological polar surface area (TPSA) is 92.8 Å². The summed E-state index contributed by atoms with van der Waals surface area (Å²) in [5, 5.41) is 2.67. The largest absolute Gasteiger partial charge is 0.448 e. The van der Waals surface area contributed by atoms with Crippen LogP contribution >= 0.6 is 11.6 Å². The maximum absolute atomic E-state index is 13.4. The molecule has 0 spiro atoms. The van der Waals surface area contributed by atoms with E-state index >= 15 is 0 Å². The van der Waals surface area contributed by atoms with Gasteiger partial charge in [0.05, 0.1) is 16.3 Å². The van der Waals surface area contributed by atoms with Gasteiger partial charge in [-0.15, -0.1) is 0 Å². The van der Waals surface area contributed by atoms with Crippen LogP contribution in [0.4, 0.5) is 11.4 Å². The van der Waals surface area contributed by atoms with E-state index in [4.69, 9.17) is 16.3 Å². The summed E-state index contributed by atoms with van der Waals surface area (Å²) in [6.07, 6.45) is -0.802. The molecule has 1 unspecified atom stereocenters. The van der Waals surface area contributed by atoms with Crippen LogP contribution in [0.5, 0.6) is 0 Å². The average Bonchev–Trinajstić information content (AvgIpc) is 2.81. The maximum atomic E-state index is 13.4. The zero-order valence-electron chi connectivity index (χ0n) is 17.7. The van der Waals surface area contributed by atoms with Crippen LogP contribution in [0.25, 0.3) is 0 Å². The van der Waals surface area contributed by atoms with Gasteiger partial charge in [-0.3, -0.25) is 9.10 Å². The lowest BCUT2D eigenvalue weighted by Crippen LogP contribution is -2.38. The molecule has 33 heavy (non-hydrogen) atoms. The number of carbonyl (C=O) groups excluding carboxylic acids is 2. The Hall–Kier alpha value is -3.36. The Labute approximate surface area is 197 Å². The van der Waals surface area contributed by atoms with Crippen molar-refractivity contribution in [1.82, 2.24) is 0 Å². The molecule has 0 saturated carbocycles. The van der Waals surface area contributed by atoms with Gasteiger partial charge in [-0.05, 0) is 48.9 Å². The Kier molecular flexibility index (Phi) is 6.40. The lowest BCUT2D eigenvalue weighted by molar-refractivity contribution is -0.125. The zero-order valence-corrected chi connectivity index (χ0v) is 19.3. The van der Waals surface area contributed by atoms with Gasteiger partial charge in [0.2, 0.25) is 0 Å². The van der Waals surface area contributed by atoms with E-state index in [1.54, 1.807) is 61.5 Å². The van der Waals surface area contributed by atoms with Gasteiger partial charge in [-0.25, -0.2) is 13.2 Å². The number of cyclic esters (lactones) is 1. The van der Waals surface area contributed by atoms with Crippen molar-refractivity contribution in [3.8, 4) is 0 Å². The summed E-state index contributed by atoms with van der Waals surface area (Å²) < 4.78 is 33.2. The summed E-state index contributed by atoms with van der Waals surface area (Å²) in [7, 11) is -4.00. The average molecular weight is 485 g/mol. The maximum Gasteiger partial charge on any atom is 0.339 e.